The van der Waals surface area contributed by atoms with E-state index in [1.54, 1.807) is 72.8 Å². The van der Waals surface area contributed by atoms with Crippen LogP contribution in [0.5, 0.6) is 0 Å². The van der Waals surface area contributed by atoms with Crippen LogP contribution in [0.2, 0.25) is 0 Å². The molecule has 0 fully saturated rings. The molecule has 0 aliphatic carbocycles. The number of carboxylic acids is 1. The summed E-state index contributed by atoms with van der Waals surface area (Å²) in [6, 6.07) is 36.1. The number of aromatic carboxylic acids is 1. The van der Waals surface area contributed by atoms with E-state index in [1.807, 2.05) is 30.3 Å². The molecule has 8 nitrogen and oxygen atoms in total. The fraction of sp³-hybridized carbons (Fsp3) is 0.0270. The average molecular weight is 646 g/mol. The minimum atomic E-state index is -1.10. The van der Waals surface area contributed by atoms with Crippen LogP contribution in [0.1, 0.15) is 37.1 Å². The van der Waals surface area contributed by atoms with Gasteiger partial charge in [0.15, 0.2) is 0 Å². The molecule has 5 aromatic rings. The van der Waals surface area contributed by atoms with Gasteiger partial charge < -0.3 is 21.1 Å². The van der Waals surface area contributed by atoms with E-state index in [9.17, 15) is 28.7 Å². The summed E-state index contributed by atoms with van der Waals surface area (Å²) < 4.78 is 14.5. The zero-order valence-corrected chi connectivity index (χ0v) is 25.5. The maximum atomic E-state index is 14.5. The molecule has 0 heterocycles. The molecule has 3 amide bonds. The lowest BCUT2D eigenvalue weighted by Gasteiger charge is -2.18. The number of hydrogen-bond donors (Lipinski definition) is 4. The van der Waals surface area contributed by atoms with Gasteiger partial charge in [0.2, 0.25) is 5.91 Å². The summed E-state index contributed by atoms with van der Waals surface area (Å²) >= 11 is 1.27. The third-order valence-electron chi connectivity index (χ3n) is 6.82. The number of rotatable bonds is 11. The monoisotopic (exact) mass is 645 g/mol. The quantitative estimate of drug-likeness (QED) is 0.0876. The van der Waals surface area contributed by atoms with Crippen LogP contribution in [0.15, 0.2) is 144 Å². The van der Waals surface area contributed by atoms with Gasteiger partial charge in [0, 0.05) is 27.4 Å². The Bertz CT molecular complexity index is 1930. The average Bonchev–Trinajstić information content (AvgIpc) is 3.09. The molecule has 0 spiro atoms. The summed E-state index contributed by atoms with van der Waals surface area (Å²) in [4.78, 5) is 51.8. The van der Waals surface area contributed by atoms with E-state index in [1.165, 1.54) is 48.2 Å². The molecule has 0 bridgehead atoms. The van der Waals surface area contributed by atoms with Crippen molar-refractivity contribution in [1.82, 2.24) is 5.32 Å². The van der Waals surface area contributed by atoms with Crippen molar-refractivity contribution in [3.8, 4) is 0 Å². The van der Waals surface area contributed by atoms with Crippen LogP contribution >= 0.6 is 11.8 Å². The number of carbonyl (C=O) groups excluding carboxylic acids is 3. The molecule has 0 saturated carbocycles. The number of benzene rings is 5. The number of halogens is 1. The molecule has 0 radical (unpaired) electrons. The molecule has 0 aliphatic rings. The number of hydrogen-bond acceptors (Lipinski definition) is 5. The topological polar surface area (TPSA) is 125 Å². The van der Waals surface area contributed by atoms with Crippen molar-refractivity contribution < 1.29 is 28.7 Å². The van der Waals surface area contributed by atoms with Crippen molar-refractivity contribution in [1.29, 1.82) is 0 Å². The van der Waals surface area contributed by atoms with Crippen LogP contribution in [0.4, 0.5) is 15.8 Å². The fourth-order valence-corrected chi connectivity index (χ4v) is 5.50. The highest BCUT2D eigenvalue weighted by Gasteiger charge is 2.23. The summed E-state index contributed by atoms with van der Waals surface area (Å²) in [5.41, 5.74) is 1.84. The summed E-state index contributed by atoms with van der Waals surface area (Å²) in [5, 5.41) is 16.8. The number of thioether (sulfide) groups is 1. The molecule has 10 heteroatoms. The first kappa shape index (κ1) is 32.4. The first-order chi connectivity index (χ1) is 22.8. The third kappa shape index (κ3) is 8.80. The van der Waals surface area contributed by atoms with E-state index in [4.69, 9.17) is 0 Å². The zero-order valence-electron chi connectivity index (χ0n) is 24.7. The van der Waals surface area contributed by atoms with Gasteiger partial charge in [-0.25, -0.2) is 9.18 Å². The first-order valence-electron chi connectivity index (χ1n) is 14.4. The van der Waals surface area contributed by atoms with Crippen molar-refractivity contribution in [2.24, 2.45) is 0 Å². The molecule has 5 rings (SSSR count). The van der Waals surface area contributed by atoms with Gasteiger partial charge in [0.1, 0.15) is 16.8 Å². The SMILES string of the molecule is O=C(Nc1ccc(SC(C(=O)Nc2cccc(C(=O)O)c2)c2ccccc2)cc1)/C(=C/c1ccccc1F)NC(=O)c1ccccc1. The number of anilines is 2. The number of carbonyl (C=O) groups is 4. The van der Waals surface area contributed by atoms with E-state index in [0.717, 1.165) is 5.56 Å². The number of nitrogens with one attached hydrogen (secondary N) is 3. The van der Waals surface area contributed by atoms with Crippen molar-refractivity contribution in [3.05, 3.63) is 167 Å². The Morgan fingerprint density at radius 1 is 0.681 bits per heavy atom. The highest BCUT2D eigenvalue weighted by atomic mass is 32.2. The Hall–Kier alpha value is -6.00. The smallest absolute Gasteiger partial charge is 0.335 e. The second kappa shape index (κ2) is 15.3. The summed E-state index contributed by atoms with van der Waals surface area (Å²) in [7, 11) is 0. The lowest BCUT2D eigenvalue weighted by molar-refractivity contribution is -0.116. The molecule has 5 aromatic carbocycles. The highest BCUT2D eigenvalue weighted by Crippen LogP contribution is 2.37. The lowest BCUT2D eigenvalue weighted by Crippen LogP contribution is -2.30. The van der Waals surface area contributed by atoms with E-state index in [0.29, 0.717) is 21.8 Å². The Morgan fingerprint density at radius 2 is 1.32 bits per heavy atom. The van der Waals surface area contributed by atoms with Gasteiger partial charge >= 0.3 is 5.97 Å². The van der Waals surface area contributed by atoms with Crippen LogP contribution in [-0.4, -0.2) is 28.8 Å². The Morgan fingerprint density at radius 3 is 2.00 bits per heavy atom. The minimum Gasteiger partial charge on any atom is -0.478 e. The predicted molar refractivity (Wildman–Crippen MR) is 180 cm³/mol. The summed E-state index contributed by atoms with van der Waals surface area (Å²) in [5.74, 6) is -3.20. The molecule has 234 valence electrons. The zero-order chi connectivity index (χ0) is 33.2. The molecular weight excluding hydrogens is 617 g/mol. The first-order valence-corrected chi connectivity index (χ1v) is 15.2. The lowest BCUT2D eigenvalue weighted by atomic mass is 10.1. The van der Waals surface area contributed by atoms with Gasteiger partial charge in [-0.2, -0.15) is 0 Å². The fourth-order valence-electron chi connectivity index (χ4n) is 4.48. The molecular formula is C37H28FN3O5S. The van der Waals surface area contributed by atoms with Crippen LogP contribution in [0.3, 0.4) is 0 Å². The van der Waals surface area contributed by atoms with Crippen LogP contribution in [-0.2, 0) is 9.59 Å². The predicted octanol–water partition coefficient (Wildman–Crippen LogP) is 7.41. The van der Waals surface area contributed by atoms with Crippen LogP contribution in [0.25, 0.3) is 6.08 Å². The minimum absolute atomic E-state index is 0.0517. The van der Waals surface area contributed by atoms with Crippen molar-refractivity contribution >= 4 is 52.9 Å². The van der Waals surface area contributed by atoms with Crippen molar-refractivity contribution in [3.63, 3.8) is 0 Å². The molecule has 0 aliphatic heterocycles. The second-order valence-corrected chi connectivity index (χ2v) is 11.3. The highest BCUT2D eigenvalue weighted by molar-refractivity contribution is 8.00. The second-order valence-electron chi connectivity index (χ2n) is 10.2. The standard InChI is InChI=1S/C37H28FN3O5S/c38-31-17-8-7-14-26(31)23-32(41-34(42)25-12-5-2-6-13-25)35(43)39-28-18-20-30(21-19-28)47-33(24-10-3-1-4-11-24)36(44)40-29-16-9-15-27(22-29)37(45)46/h1-23,33H,(H,39,43)(H,40,44)(H,41,42)(H,45,46)/b32-23-. The van der Waals surface area contributed by atoms with E-state index in [-0.39, 0.29) is 22.7 Å². The van der Waals surface area contributed by atoms with Gasteiger partial charge in [0.25, 0.3) is 11.8 Å². The molecule has 0 saturated heterocycles. The largest absolute Gasteiger partial charge is 0.478 e. The third-order valence-corrected chi connectivity index (χ3v) is 8.08. The molecule has 0 aromatic heterocycles. The molecule has 4 N–H and O–H groups in total. The van der Waals surface area contributed by atoms with Gasteiger partial charge in [-0.1, -0.05) is 72.8 Å². The number of carboxylic acid groups (broad SMARTS) is 1. The van der Waals surface area contributed by atoms with Gasteiger partial charge in [-0.05, 0) is 72.3 Å². The van der Waals surface area contributed by atoms with Gasteiger partial charge in [-0.15, -0.1) is 11.8 Å². The van der Waals surface area contributed by atoms with Crippen LogP contribution in [0, 0.1) is 5.82 Å². The Labute approximate surface area is 274 Å². The van der Waals surface area contributed by atoms with E-state index >= 15 is 0 Å². The maximum absolute atomic E-state index is 14.5. The Balaban J connectivity index is 1.33. The van der Waals surface area contributed by atoms with E-state index < -0.39 is 28.9 Å². The Kier molecular flexibility index (Phi) is 10.6. The normalized spacial score (nSPS) is 11.6. The number of amides is 3. The van der Waals surface area contributed by atoms with E-state index in [2.05, 4.69) is 16.0 Å². The van der Waals surface area contributed by atoms with Gasteiger partial charge in [-0.3, -0.25) is 14.4 Å². The maximum Gasteiger partial charge on any atom is 0.335 e. The molecule has 1 unspecified atom stereocenters. The van der Waals surface area contributed by atoms with Crippen molar-refractivity contribution in [2.45, 2.75) is 10.1 Å². The molecule has 1 atom stereocenters. The van der Waals surface area contributed by atoms with Gasteiger partial charge in [0.05, 0.1) is 5.56 Å². The summed E-state index contributed by atoms with van der Waals surface area (Å²) in [6.45, 7) is 0. The van der Waals surface area contributed by atoms with Crippen LogP contribution < -0.4 is 16.0 Å². The summed E-state index contributed by atoms with van der Waals surface area (Å²) in [6.07, 6.45) is 1.27. The van der Waals surface area contributed by atoms with Crippen molar-refractivity contribution in [2.75, 3.05) is 10.6 Å². The molecule has 47 heavy (non-hydrogen) atoms.